The van der Waals surface area contributed by atoms with Gasteiger partial charge in [0.05, 0.1) is 18.4 Å². The van der Waals surface area contributed by atoms with Gasteiger partial charge in [0.15, 0.2) is 11.2 Å². The molecule has 3 rings (SSSR count). The molecule has 3 aromatic rings. The third kappa shape index (κ3) is 9.42. The zero-order valence-corrected chi connectivity index (χ0v) is 22.4. The summed E-state index contributed by atoms with van der Waals surface area (Å²) in [5.41, 5.74) is 12.0. The number of nitrogen functional groups attached to an aromatic ring is 1. The highest BCUT2D eigenvalue weighted by atomic mass is 33.1. The van der Waals surface area contributed by atoms with Gasteiger partial charge >= 0.3 is 5.97 Å². The summed E-state index contributed by atoms with van der Waals surface area (Å²) in [5, 5.41) is 17.8. The predicted molar refractivity (Wildman–Crippen MR) is 151 cm³/mol. The molecule has 0 spiro atoms. The van der Waals surface area contributed by atoms with E-state index < -0.39 is 23.5 Å². The molecule has 0 radical (unpaired) electrons. The molecule has 0 saturated heterocycles. The van der Waals surface area contributed by atoms with Crippen molar-refractivity contribution in [2.24, 2.45) is 5.73 Å². The fourth-order valence-corrected chi connectivity index (χ4v) is 5.01. The van der Waals surface area contributed by atoms with Crippen LogP contribution in [0.4, 0.5) is 11.6 Å². The summed E-state index contributed by atoms with van der Waals surface area (Å²) >= 11 is 0. The molecule has 1 unspecified atom stereocenters. The molecule has 0 saturated carbocycles. The van der Waals surface area contributed by atoms with Gasteiger partial charge in [-0.3, -0.25) is 19.4 Å². The number of nitrogens with two attached hydrogens (primary N) is 2. The van der Waals surface area contributed by atoms with Crippen LogP contribution in [0.2, 0.25) is 0 Å². The number of nitrogens with one attached hydrogen (secondary N) is 4. The Labute approximate surface area is 230 Å². The van der Waals surface area contributed by atoms with E-state index in [4.69, 9.17) is 11.5 Å². The molecule has 39 heavy (non-hydrogen) atoms. The van der Waals surface area contributed by atoms with E-state index in [0.29, 0.717) is 30.2 Å². The SMILES string of the molecule is NCCSSCCNC(=O)CCC(NC(=O)c1ccc(NCc2cnc3nc(N)[nH]c(=O)c3n2)cc1)C(=O)O. The van der Waals surface area contributed by atoms with Crippen LogP contribution in [-0.4, -0.2) is 73.5 Å². The number of aromatic amines is 1. The molecule has 1 atom stereocenters. The molecule has 1 aromatic carbocycles. The molecule has 0 aliphatic rings. The highest BCUT2D eigenvalue weighted by molar-refractivity contribution is 8.76. The van der Waals surface area contributed by atoms with Crippen LogP contribution in [0.1, 0.15) is 28.9 Å². The summed E-state index contributed by atoms with van der Waals surface area (Å²) in [5.74, 6) is -0.586. The molecule has 2 amide bonds. The summed E-state index contributed by atoms with van der Waals surface area (Å²) in [7, 11) is 3.23. The number of benzene rings is 1. The van der Waals surface area contributed by atoms with E-state index in [2.05, 4.69) is 35.9 Å². The van der Waals surface area contributed by atoms with Crippen LogP contribution < -0.4 is 33.0 Å². The molecule has 208 valence electrons. The molecular weight excluding hydrogens is 546 g/mol. The van der Waals surface area contributed by atoms with Gasteiger partial charge in [0, 0.05) is 42.3 Å². The Hall–Kier alpha value is -3.89. The van der Waals surface area contributed by atoms with Gasteiger partial charge in [-0.05, 0) is 30.7 Å². The number of rotatable bonds is 15. The molecule has 2 heterocycles. The summed E-state index contributed by atoms with van der Waals surface area (Å²) in [6.45, 7) is 1.30. The second-order valence-corrected chi connectivity index (χ2v) is 10.8. The van der Waals surface area contributed by atoms with Gasteiger partial charge in [0.2, 0.25) is 11.9 Å². The van der Waals surface area contributed by atoms with Crippen molar-refractivity contribution in [3.63, 3.8) is 0 Å². The lowest BCUT2D eigenvalue weighted by atomic mass is 10.1. The first-order chi connectivity index (χ1) is 18.8. The van der Waals surface area contributed by atoms with Crippen molar-refractivity contribution in [3.8, 4) is 0 Å². The second kappa shape index (κ2) is 14.9. The Morgan fingerprint density at radius 1 is 1.10 bits per heavy atom. The molecule has 0 aliphatic heterocycles. The minimum atomic E-state index is -1.23. The lowest BCUT2D eigenvalue weighted by Crippen LogP contribution is -2.41. The first-order valence-corrected chi connectivity index (χ1v) is 14.4. The fraction of sp³-hybridized carbons (Fsp3) is 0.348. The number of nitrogens with zero attached hydrogens (tertiary/aromatic N) is 3. The van der Waals surface area contributed by atoms with Crippen LogP contribution >= 0.6 is 21.6 Å². The van der Waals surface area contributed by atoms with Crippen LogP contribution in [0.15, 0.2) is 35.3 Å². The Bertz CT molecular complexity index is 1350. The monoisotopic (exact) mass is 575 g/mol. The van der Waals surface area contributed by atoms with Crippen molar-refractivity contribution in [3.05, 3.63) is 52.1 Å². The van der Waals surface area contributed by atoms with E-state index in [1.54, 1.807) is 33.7 Å². The minimum Gasteiger partial charge on any atom is -0.480 e. The predicted octanol–water partition coefficient (Wildman–Crippen LogP) is 0.327. The molecule has 0 bridgehead atoms. The Morgan fingerprint density at radius 2 is 1.85 bits per heavy atom. The first-order valence-electron chi connectivity index (χ1n) is 11.9. The number of fused-ring (bicyclic) bond motifs is 1. The minimum absolute atomic E-state index is 0.0340. The van der Waals surface area contributed by atoms with E-state index in [-0.39, 0.29) is 48.0 Å². The van der Waals surface area contributed by atoms with Gasteiger partial charge in [-0.25, -0.2) is 14.8 Å². The highest BCUT2D eigenvalue weighted by Crippen LogP contribution is 2.19. The molecule has 2 aromatic heterocycles. The highest BCUT2D eigenvalue weighted by Gasteiger charge is 2.21. The van der Waals surface area contributed by atoms with Crippen molar-refractivity contribution < 1.29 is 19.5 Å². The number of hydrogen-bond donors (Lipinski definition) is 7. The number of carbonyl (C=O) groups is 3. The molecular formula is C23H29N9O5S2. The molecule has 9 N–H and O–H groups in total. The van der Waals surface area contributed by atoms with Gasteiger partial charge in [-0.2, -0.15) is 4.98 Å². The molecule has 0 fully saturated rings. The molecule has 16 heteroatoms. The number of aromatic nitrogens is 4. The number of hydrogen-bond acceptors (Lipinski definition) is 12. The van der Waals surface area contributed by atoms with Crippen molar-refractivity contribution in [1.29, 1.82) is 0 Å². The zero-order chi connectivity index (χ0) is 28.2. The number of amides is 2. The lowest BCUT2D eigenvalue weighted by Gasteiger charge is -2.15. The Kier molecular flexibility index (Phi) is 11.3. The summed E-state index contributed by atoms with van der Waals surface area (Å²) in [4.78, 5) is 62.9. The topological polar surface area (TPSA) is 231 Å². The summed E-state index contributed by atoms with van der Waals surface area (Å²) < 4.78 is 0. The lowest BCUT2D eigenvalue weighted by molar-refractivity contribution is -0.139. The van der Waals surface area contributed by atoms with Crippen LogP contribution in [0.3, 0.4) is 0 Å². The van der Waals surface area contributed by atoms with Crippen molar-refractivity contribution in [1.82, 2.24) is 30.6 Å². The van der Waals surface area contributed by atoms with Crippen molar-refractivity contribution >= 4 is 62.2 Å². The third-order valence-electron chi connectivity index (χ3n) is 5.16. The van der Waals surface area contributed by atoms with Crippen molar-refractivity contribution in [2.45, 2.75) is 25.4 Å². The van der Waals surface area contributed by atoms with E-state index in [1.807, 2.05) is 0 Å². The average Bonchev–Trinajstić information content (AvgIpc) is 2.91. The van der Waals surface area contributed by atoms with Gasteiger partial charge in [-0.15, -0.1) is 0 Å². The maximum Gasteiger partial charge on any atom is 0.326 e. The number of aliphatic carboxylic acids is 1. The van der Waals surface area contributed by atoms with Crippen LogP contribution in [0.5, 0.6) is 0 Å². The van der Waals surface area contributed by atoms with Crippen LogP contribution in [0, 0.1) is 0 Å². The van der Waals surface area contributed by atoms with E-state index in [0.717, 1.165) is 5.75 Å². The third-order valence-corrected chi connectivity index (χ3v) is 7.60. The number of carboxylic acid groups (broad SMARTS) is 1. The number of carboxylic acids is 1. The molecule has 14 nitrogen and oxygen atoms in total. The average molecular weight is 576 g/mol. The number of H-pyrrole nitrogens is 1. The maximum absolute atomic E-state index is 12.6. The summed E-state index contributed by atoms with van der Waals surface area (Å²) in [6.07, 6.45) is 1.39. The smallest absolute Gasteiger partial charge is 0.326 e. The van der Waals surface area contributed by atoms with E-state index in [1.165, 1.54) is 18.3 Å². The summed E-state index contributed by atoms with van der Waals surface area (Å²) in [6, 6.07) is 5.15. The van der Waals surface area contributed by atoms with Gasteiger partial charge in [-0.1, -0.05) is 21.6 Å². The standard InChI is InChI=1S/C23H29N9O5S2/c24-7-9-38-39-10-8-26-17(33)6-5-16(22(36)37)30-20(34)13-1-3-14(4-2-13)27-11-15-12-28-19-18(29-15)21(35)32-23(25)31-19/h1-4,12,16,27H,5-11,24H2,(H,26,33)(H,30,34)(H,36,37)(H3,25,28,31,32,35). The largest absolute Gasteiger partial charge is 0.480 e. The number of anilines is 2. The van der Waals surface area contributed by atoms with Crippen LogP contribution in [0.25, 0.3) is 11.2 Å². The zero-order valence-electron chi connectivity index (χ0n) is 20.8. The fourth-order valence-electron chi connectivity index (χ4n) is 3.25. The van der Waals surface area contributed by atoms with Gasteiger partial charge in [0.25, 0.3) is 11.5 Å². The van der Waals surface area contributed by atoms with Crippen LogP contribution in [-0.2, 0) is 16.1 Å². The Morgan fingerprint density at radius 3 is 2.56 bits per heavy atom. The molecule has 0 aliphatic carbocycles. The quantitative estimate of drug-likeness (QED) is 0.0957. The van der Waals surface area contributed by atoms with E-state index in [9.17, 15) is 24.3 Å². The van der Waals surface area contributed by atoms with Gasteiger partial charge < -0.3 is 32.5 Å². The normalized spacial score (nSPS) is 11.6. The van der Waals surface area contributed by atoms with Gasteiger partial charge in [0.1, 0.15) is 6.04 Å². The number of carbonyl (C=O) groups excluding carboxylic acids is 2. The Balaban J connectivity index is 1.47. The first kappa shape index (κ1) is 29.7. The van der Waals surface area contributed by atoms with E-state index >= 15 is 0 Å². The maximum atomic E-state index is 12.6. The second-order valence-electron chi connectivity index (χ2n) is 8.10. The van der Waals surface area contributed by atoms with Crippen molar-refractivity contribution in [2.75, 3.05) is 35.6 Å².